The minimum absolute atomic E-state index is 0.0406. The van der Waals surface area contributed by atoms with Crippen LogP contribution in [-0.2, 0) is 0 Å². The fourth-order valence-electron chi connectivity index (χ4n) is 1.99. The molecule has 0 spiro atoms. The predicted octanol–water partition coefficient (Wildman–Crippen LogP) is 1.39. The molecular weight excluding hydrogens is 254 g/mol. The molecule has 1 rings (SSSR count). The number of nitrogens with two attached hydrogens (primary N) is 1. The van der Waals surface area contributed by atoms with Crippen LogP contribution < -0.4 is 15.8 Å². The number of carbonyl (C=O) groups is 1. The van der Waals surface area contributed by atoms with E-state index >= 15 is 0 Å². The lowest BCUT2D eigenvalue weighted by Gasteiger charge is -2.17. The summed E-state index contributed by atoms with van der Waals surface area (Å²) in [5.41, 5.74) is 6.89. The first kappa shape index (κ1) is 16.5. The average Bonchev–Trinajstić information content (AvgIpc) is 2.47. The fraction of sp³-hybridized carbons (Fsp3) is 0.533. The number of hydrogen-bond acceptors (Lipinski definition) is 5. The van der Waals surface area contributed by atoms with Crippen molar-refractivity contribution in [1.82, 2.24) is 10.2 Å². The molecule has 0 unspecified atom stereocenters. The molecule has 112 valence electrons. The zero-order valence-electron chi connectivity index (χ0n) is 12.6. The molecule has 1 aromatic carbocycles. The Morgan fingerprint density at radius 3 is 2.60 bits per heavy atom. The Morgan fingerprint density at radius 2 is 2.05 bits per heavy atom. The normalized spacial score (nSPS) is 10.8. The van der Waals surface area contributed by atoms with E-state index in [-0.39, 0.29) is 5.78 Å². The van der Waals surface area contributed by atoms with E-state index in [0.29, 0.717) is 23.5 Å². The van der Waals surface area contributed by atoms with Crippen molar-refractivity contribution in [2.75, 3.05) is 45.6 Å². The summed E-state index contributed by atoms with van der Waals surface area (Å²) in [5, 5.41) is 3.17. The van der Waals surface area contributed by atoms with Crippen LogP contribution in [-0.4, -0.2) is 50.5 Å². The van der Waals surface area contributed by atoms with Gasteiger partial charge in [0.05, 0.1) is 19.3 Å². The van der Waals surface area contributed by atoms with Crippen LogP contribution in [0, 0.1) is 0 Å². The highest BCUT2D eigenvalue weighted by molar-refractivity contribution is 5.98. The quantitative estimate of drug-likeness (QED) is 0.406. The average molecular weight is 279 g/mol. The molecule has 0 aliphatic heterocycles. The van der Waals surface area contributed by atoms with Crippen LogP contribution in [0.5, 0.6) is 5.75 Å². The summed E-state index contributed by atoms with van der Waals surface area (Å²) < 4.78 is 5.07. The SMILES string of the molecule is CCN(CC)CCNCC(=O)c1ccc(OC)c(N)c1. The molecule has 0 aliphatic carbocycles. The second kappa shape index (κ2) is 8.55. The van der Waals surface area contributed by atoms with Crippen molar-refractivity contribution in [2.45, 2.75) is 13.8 Å². The molecule has 0 atom stereocenters. The lowest BCUT2D eigenvalue weighted by Crippen LogP contribution is -2.34. The summed E-state index contributed by atoms with van der Waals surface area (Å²) in [6.07, 6.45) is 0. The van der Waals surface area contributed by atoms with Gasteiger partial charge in [-0.2, -0.15) is 0 Å². The van der Waals surface area contributed by atoms with Crippen molar-refractivity contribution in [3.8, 4) is 5.75 Å². The Morgan fingerprint density at radius 1 is 1.35 bits per heavy atom. The molecule has 5 nitrogen and oxygen atoms in total. The van der Waals surface area contributed by atoms with E-state index in [0.717, 1.165) is 26.2 Å². The first-order valence-corrected chi connectivity index (χ1v) is 7.02. The number of rotatable bonds is 9. The number of methoxy groups -OCH3 is 1. The van der Waals surface area contributed by atoms with E-state index in [2.05, 4.69) is 24.1 Å². The number of ether oxygens (including phenoxy) is 1. The van der Waals surface area contributed by atoms with Gasteiger partial charge in [-0.3, -0.25) is 4.79 Å². The summed E-state index contributed by atoms with van der Waals surface area (Å²) >= 11 is 0. The zero-order chi connectivity index (χ0) is 15.0. The number of benzene rings is 1. The van der Waals surface area contributed by atoms with Crippen molar-refractivity contribution in [2.24, 2.45) is 0 Å². The van der Waals surface area contributed by atoms with E-state index < -0.39 is 0 Å². The highest BCUT2D eigenvalue weighted by Crippen LogP contribution is 2.21. The molecule has 1 aromatic rings. The molecule has 0 radical (unpaired) electrons. The van der Waals surface area contributed by atoms with E-state index in [1.54, 1.807) is 25.3 Å². The molecule has 20 heavy (non-hydrogen) atoms. The number of anilines is 1. The third kappa shape index (κ3) is 4.83. The Kier molecular flexibility index (Phi) is 7.04. The summed E-state index contributed by atoms with van der Waals surface area (Å²) in [5.74, 6) is 0.634. The number of nitrogen functional groups attached to an aromatic ring is 1. The number of ketones is 1. The largest absolute Gasteiger partial charge is 0.495 e. The van der Waals surface area contributed by atoms with E-state index in [9.17, 15) is 4.79 Å². The molecule has 0 saturated carbocycles. The van der Waals surface area contributed by atoms with E-state index in [1.165, 1.54) is 0 Å². The first-order valence-electron chi connectivity index (χ1n) is 7.02. The highest BCUT2D eigenvalue weighted by atomic mass is 16.5. The van der Waals surface area contributed by atoms with Crippen LogP contribution in [0.25, 0.3) is 0 Å². The van der Waals surface area contributed by atoms with Gasteiger partial charge in [-0.25, -0.2) is 0 Å². The maximum absolute atomic E-state index is 12.0. The molecule has 0 amide bonds. The lowest BCUT2D eigenvalue weighted by molar-refractivity contribution is 0.0990. The Balaban J connectivity index is 2.41. The van der Waals surface area contributed by atoms with Crippen molar-refractivity contribution in [1.29, 1.82) is 0 Å². The molecule has 5 heteroatoms. The summed E-state index contributed by atoms with van der Waals surface area (Å²) in [6, 6.07) is 5.12. The molecule has 0 fully saturated rings. The van der Waals surface area contributed by atoms with Gasteiger partial charge in [-0.15, -0.1) is 0 Å². The van der Waals surface area contributed by atoms with Crippen LogP contribution in [0.2, 0.25) is 0 Å². The van der Waals surface area contributed by atoms with Crippen molar-refractivity contribution in [3.63, 3.8) is 0 Å². The second-order valence-electron chi connectivity index (χ2n) is 4.58. The van der Waals surface area contributed by atoms with Crippen molar-refractivity contribution in [3.05, 3.63) is 23.8 Å². The summed E-state index contributed by atoms with van der Waals surface area (Å²) in [6.45, 7) is 8.41. The van der Waals surface area contributed by atoms with Crippen LogP contribution in [0.4, 0.5) is 5.69 Å². The van der Waals surface area contributed by atoms with Gasteiger partial charge in [-0.1, -0.05) is 13.8 Å². The summed E-state index contributed by atoms with van der Waals surface area (Å²) in [4.78, 5) is 14.3. The predicted molar refractivity (Wildman–Crippen MR) is 82.4 cm³/mol. The third-order valence-electron chi connectivity index (χ3n) is 3.34. The van der Waals surface area contributed by atoms with Crippen molar-refractivity contribution >= 4 is 11.5 Å². The van der Waals surface area contributed by atoms with Gasteiger partial charge in [0.1, 0.15) is 5.75 Å². The standard InChI is InChI=1S/C15H25N3O2/c1-4-18(5-2)9-8-17-11-14(19)12-6-7-15(20-3)13(16)10-12/h6-7,10,17H,4-5,8-9,11,16H2,1-3H3. The smallest absolute Gasteiger partial charge is 0.176 e. The van der Waals surface area contributed by atoms with Gasteiger partial charge in [0, 0.05) is 18.7 Å². The number of Topliss-reactive ketones (excluding diaryl/α,β-unsaturated/α-hetero) is 1. The lowest BCUT2D eigenvalue weighted by atomic mass is 10.1. The zero-order valence-corrected chi connectivity index (χ0v) is 12.6. The molecule has 0 aromatic heterocycles. The number of likely N-dealkylation sites (N-methyl/N-ethyl adjacent to an activating group) is 1. The number of carbonyl (C=O) groups excluding carboxylic acids is 1. The van der Waals surface area contributed by atoms with E-state index in [1.807, 2.05) is 0 Å². The maximum atomic E-state index is 12.0. The third-order valence-corrected chi connectivity index (χ3v) is 3.34. The maximum Gasteiger partial charge on any atom is 0.176 e. The van der Waals surface area contributed by atoms with Gasteiger partial charge in [-0.05, 0) is 31.3 Å². The van der Waals surface area contributed by atoms with Gasteiger partial charge in [0.15, 0.2) is 5.78 Å². The van der Waals surface area contributed by atoms with Crippen LogP contribution in [0.3, 0.4) is 0 Å². The Hall–Kier alpha value is -1.59. The van der Waals surface area contributed by atoms with Crippen LogP contribution in [0.15, 0.2) is 18.2 Å². The fourth-order valence-corrected chi connectivity index (χ4v) is 1.99. The van der Waals surface area contributed by atoms with E-state index in [4.69, 9.17) is 10.5 Å². The highest BCUT2D eigenvalue weighted by Gasteiger charge is 2.08. The molecule has 3 N–H and O–H groups in total. The topological polar surface area (TPSA) is 67.6 Å². The summed E-state index contributed by atoms with van der Waals surface area (Å²) in [7, 11) is 1.56. The minimum Gasteiger partial charge on any atom is -0.495 e. The van der Waals surface area contributed by atoms with Gasteiger partial charge < -0.3 is 20.7 Å². The van der Waals surface area contributed by atoms with Gasteiger partial charge in [0.2, 0.25) is 0 Å². The van der Waals surface area contributed by atoms with Gasteiger partial charge in [0.25, 0.3) is 0 Å². The van der Waals surface area contributed by atoms with Crippen LogP contribution in [0.1, 0.15) is 24.2 Å². The second-order valence-corrected chi connectivity index (χ2v) is 4.58. The minimum atomic E-state index is 0.0406. The molecule has 0 aliphatic rings. The molecule has 0 heterocycles. The molecule has 0 bridgehead atoms. The Labute approximate surface area is 121 Å². The molecule has 0 saturated heterocycles. The number of hydrogen-bond donors (Lipinski definition) is 2. The Bertz CT molecular complexity index is 431. The van der Waals surface area contributed by atoms with Crippen molar-refractivity contribution < 1.29 is 9.53 Å². The monoisotopic (exact) mass is 279 g/mol. The number of nitrogens with zero attached hydrogens (tertiary/aromatic N) is 1. The molecular formula is C15H25N3O2. The van der Waals surface area contributed by atoms with Crippen LogP contribution >= 0.6 is 0 Å². The van der Waals surface area contributed by atoms with Gasteiger partial charge >= 0.3 is 0 Å². The first-order chi connectivity index (χ1) is 9.62. The number of nitrogens with one attached hydrogen (secondary N) is 1.